The molecule has 2 aliphatic rings. The van der Waals surface area contributed by atoms with E-state index in [2.05, 4.69) is 35.8 Å². The van der Waals surface area contributed by atoms with E-state index in [1.807, 2.05) is 0 Å². The Morgan fingerprint density at radius 2 is 2.25 bits per heavy atom. The molecule has 2 aliphatic heterocycles. The van der Waals surface area contributed by atoms with Gasteiger partial charge in [0.2, 0.25) is 0 Å². The van der Waals surface area contributed by atoms with Crippen molar-refractivity contribution in [2.75, 3.05) is 24.6 Å². The minimum Gasteiger partial charge on any atom is -0.311 e. The van der Waals surface area contributed by atoms with Gasteiger partial charge < -0.3 is 5.32 Å². The molecule has 0 bridgehead atoms. The van der Waals surface area contributed by atoms with Gasteiger partial charge in [-0.1, -0.05) is 20.3 Å². The van der Waals surface area contributed by atoms with Crippen molar-refractivity contribution < 1.29 is 0 Å². The van der Waals surface area contributed by atoms with Crippen LogP contribution in [0.15, 0.2) is 0 Å². The molecule has 3 atom stereocenters. The van der Waals surface area contributed by atoms with Gasteiger partial charge in [-0.05, 0) is 25.0 Å². The predicted molar refractivity (Wildman–Crippen MR) is 73.2 cm³/mol. The van der Waals surface area contributed by atoms with Gasteiger partial charge in [-0.25, -0.2) is 0 Å². The summed E-state index contributed by atoms with van der Waals surface area (Å²) in [5.74, 6) is 2.75. The molecule has 2 rings (SSSR count). The van der Waals surface area contributed by atoms with E-state index in [-0.39, 0.29) is 0 Å². The molecule has 0 radical (unpaired) electrons. The maximum atomic E-state index is 3.73. The lowest BCUT2D eigenvalue weighted by Gasteiger charge is -2.43. The third-order valence-electron chi connectivity index (χ3n) is 4.03. The van der Waals surface area contributed by atoms with Gasteiger partial charge in [0, 0.05) is 37.0 Å². The van der Waals surface area contributed by atoms with E-state index >= 15 is 0 Å². The van der Waals surface area contributed by atoms with Crippen molar-refractivity contribution >= 4 is 11.8 Å². The number of hydrogen-bond donors (Lipinski definition) is 1. The van der Waals surface area contributed by atoms with E-state index in [1.165, 1.54) is 50.3 Å². The molecule has 0 spiro atoms. The Morgan fingerprint density at radius 3 is 2.88 bits per heavy atom. The van der Waals surface area contributed by atoms with Gasteiger partial charge in [-0.3, -0.25) is 4.90 Å². The molecule has 0 aromatic heterocycles. The lowest BCUT2D eigenvalue weighted by Crippen LogP contribution is -2.59. The number of rotatable bonds is 4. The highest BCUT2D eigenvalue weighted by Gasteiger charge is 2.32. The topological polar surface area (TPSA) is 15.3 Å². The first-order valence-electron chi connectivity index (χ1n) is 6.92. The van der Waals surface area contributed by atoms with E-state index in [0.29, 0.717) is 0 Å². The summed E-state index contributed by atoms with van der Waals surface area (Å²) in [7, 11) is 0. The molecule has 2 saturated heterocycles. The van der Waals surface area contributed by atoms with Crippen LogP contribution >= 0.6 is 11.8 Å². The summed E-state index contributed by atoms with van der Waals surface area (Å²) in [6.45, 7) is 7.13. The summed E-state index contributed by atoms with van der Waals surface area (Å²) in [5, 5.41) is 3.73. The lowest BCUT2D eigenvalue weighted by atomic mass is 10.0. The Hall–Kier alpha value is 0.270. The zero-order valence-electron chi connectivity index (χ0n) is 10.7. The second kappa shape index (κ2) is 6.27. The van der Waals surface area contributed by atoms with Gasteiger partial charge in [-0.2, -0.15) is 11.8 Å². The van der Waals surface area contributed by atoms with Crippen molar-refractivity contribution in [3.05, 3.63) is 0 Å². The highest BCUT2D eigenvalue weighted by atomic mass is 32.2. The largest absolute Gasteiger partial charge is 0.311 e. The fourth-order valence-corrected chi connectivity index (χ4v) is 4.28. The highest BCUT2D eigenvalue weighted by molar-refractivity contribution is 7.99. The summed E-state index contributed by atoms with van der Waals surface area (Å²) in [6.07, 6.45) is 5.36. The van der Waals surface area contributed by atoms with Crippen molar-refractivity contribution in [3.8, 4) is 0 Å². The normalized spacial score (nSPS) is 36.8. The average Bonchev–Trinajstić information content (AvgIpc) is 2.83. The zero-order chi connectivity index (χ0) is 11.4. The number of piperazine rings is 1. The van der Waals surface area contributed by atoms with E-state index < -0.39 is 0 Å². The minimum atomic E-state index is 0.749. The van der Waals surface area contributed by atoms with Crippen molar-refractivity contribution in [3.63, 3.8) is 0 Å². The summed E-state index contributed by atoms with van der Waals surface area (Å²) >= 11 is 2.14. The molecule has 3 heteroatoms. The SMILES string of the molecule is CCCC1CN(C2CCSC2)C(CC)CN1. The molecule has 3 unspecified atom stereocenters. The second-order valence-corrected chi connectivity index (χ2v) is 6.32. The molecule has 0 aromatic carbocycles. The van der Waals surface area contributed by atoms with Gasteiger partial charge in [0.25, 0.3) is 0 Å². The van der Waals surface area contributed by atoms with Crippen LogP contribution in [0.4, 0.5) is 0 Å². The zero-order valence-corrected chi connectivity index (χ0v) is 11.6. The van der Waals surface area contributed by atoms with Crippen molar-refractivity contribution in [2.45, 2.75) is 57.7 Å². The Morgan fingerprint density at radius 1 is 1.38 bits per heavy atom. The van der Waals surface area contributed by atoms with Gasteiger partial charge >= 0.3 is 0 Å². The molecule has 2 nitrogen and oxygen atoms in total. The first-order chi connectivity index (χ1) is 7.85. The first kappa shape index (κ1) is 12.7. The Balaban J connectivity index is 1.93. The fourth-order valence-electron chi connectivity index (χ4n) is 3.04. The highest BCUT2D eigenvalue weighted by Crippen LogP contribution is 2.26. The fraction of sp³-hybridized carbons (Fsp3) is 1.00. The first-order valence-corrected chi connectivity index (χ1v) is 8.07. The minimum absolute atomic E-state index is 0.749. The molecule has 1 N–H and O–H groups in total. The molecular formula is C13H26N2S. The summed E-state index contributed by atoms with van der Waals surface area (Å²) in [6, 6.07) is 2.41. The van der Waals surface area contributed by atoms with Crippen LogP contribution in [0.25, 0.3) is 0 Å². The van der Waals surface area contributed by atoms with E-state index in [9.17, 15) is 0 Å². The van der Waals surface area contributed by atoms with Crippen molar-refractivity contribution in [2.24, 2.45) is 0 Å². The third-order valence-corrected chi connectivity index (χ3v) is 5.17. The maximum absolute atomic E-state index is 3.73. The van der Waals surface area contributed by atoms with E-state index in [1.54, 1.807) is 0 Å². The van der Waals surface area contributed by atoms with Gasteiger partial charge in [-0.15, -0.1) is 0 Å². The Kier molecular flexibility index (Phi) is 4.98. The van der Waals surface area contributed by atoms with Crippen LogP contribution in [0.3, 0.4) is 0 Å². The van der Waals surface area contributed by atoms with Crippen LogP contribution in [0.2, 0.25) is 0 Å². The quantitative estimate of drug-likeness (QED) is 0.814. The summed E-state index contributed by atoms with van der Waals surface area (Å²) in [5.41, 5.74) is 0. The number of nitrogens with one attached hydrogen (secondary N) is 1. The molecule has 94 valence electrons. The van der Waals surface area contributed by atoms with Crippen LogP contribution in [0.5, 0.6) is 0 Å². The number of thioether (sulfide) groups is 1. The van der Waals surface area contributed by atoms with Crippen LogP contribution in [-0.4, -0.2) is 47.6 Å². The van der Waals surface area contributed by atoms with Gasteiger partial charge in [0.1, 0.15) is 0 Å². The molecule has 0 amide bonds. The van der Waals surface area contributed by atoms with Crippen LogP contribution in [0, 0.1) is 0 Å². The van der Waals surface area contributed by atoms with E-state index in [0.717, 1.165) is 18.1 Å². The molecule has 0 saturated carbocycles. The Bertz CT molecular complexity index is 202. The average molecular weight is 242 g/mol. The number of nitrogens with zero attached hydrogens (tertiary/aromatic N) is 1. The van der Waals surface area contributed by atoms with Crippen molar-refractivity contribution in [1.82, 2.24) is 10.2 Å². The predicted octanol–water partition coefficient (Wildman–Crippen LogP) is 2.34. The molecule has 16 heavy (non-hydrogen) atoms. The van der Waals surface area contributed by atoms with Crippen LogP contribution in [0.1, 0.15) is 39.5 Å². The van der Waals surface area contributed by atoms with Gasteiger partial charge in [0.15, 0.2) is 0 Å². The molecular weight excluding hydrogens is 216 g/mol. The summed E-state index contributed by atoms with van der Waals surface area (Å²) < 4.78 is 0. The number of hydrogen-bond acceptors (Lipinski definition) is 3. The lowest BCUT2D eigenvalue weighted by molar-refractivity contribution is 0.0867. The second-order valence-electron chi connectivity index (χ2n) is 5.17. The molecule has 2 heterocycles. The van der Waals surface area contributed by atoms with Crippen molar-refractivity contribution in [1.29, 1.82) is 0 Å². The molecule has 0 aromatic rings. The van der Waals surface area contributed by atoms with E-state index in [4.69, 9.17) is 0 Å². The Labute approximate surface area is 105 Å². The summed E-state index contributed by atoms with van der Waals surface area (Å²) in [4.78, 5) is 2.82. The van der Waals surface area contributed by atoms with Crippen LogP contribution < -0.4 is 5.32 Å². The smallest absolute Gasteiger partial charge is 0.0222 e. The van der Waals surface area contributed by atoms with Crippen LogP contribution in [-0.2, 0) is 0 Å². The molecule has 2 fully saturated rings. The standard InChI is InChI=1S/C13H26N2S/c1-3-5-11-9-15(12(4-2)8-14-11)13-6-7-16-10-13/h11-14H,3-10H2,1-2H3. The molecule has 0 aliphatic carbocycles. The van der Waals surface area contributed by atoms with Gasteiger partial charge in [0.05, 0.1) is 0 Å². The maximum Gasteiger partial charge on any atom is 0.0222 e. The monoisotopic (exact) mass is 242 g/mol. The third kappa shape index (κ3) is 2.93.